The van der Waals surface area contributed by atoms with E-state index in [4.69, 9.17) is 0 Å². The van der Waals surface area contributed by atoms with E-state index in [9.17, 15) is 0 Å². The average Bonchev–Trinajstić information content (AvgIpc) is 2.99. The average molecular weight is 195 g/mol. The molecule has 1 heteroatoms. The van der Waals surface area contributed by atoms with Gasteiger partial charge in [0, 0.05) is 18.6 Å². The topological polar surface area (TPSA) is 3.24 Å². The molecule has 0 aromatic rings. The first kappa shape index (κ1) is 10.5. The Kier molecular flexibility index (Phi) is 3.48. The Morgan fingerprint density at radius 2 is 1.64 bits per heavy atom. The van der Waals surface area contributed by atoms with Crippen LogP contribution in [0, 0.1) is 5.92 Å². The fraction of sp³-hybridized carbons (Fsp3) is 1.00. The van der Waals surface area contributed by atoms with Gasteiger partial charge < -0.3 is 0 Å². The highest BCUT2D eigenvalue weighted by molar-refractivity contribution is 4.84. The summed E-state index contributed by atoms with van der Waals surface area (Å²) in [5.41, 5.74) is 0. The van der Waals surface area contributed by atoms with E-state index in [0.29, 0.717) is 0 Å². The van der Waals surface area contributed by atoms with Gasteiger partial charge in [0.05, 0.1) is 0 Å². The second kappa shape index (κ2) is 4.65. The third-order valence-electron chi connectivity index (χ3n) is 3.87. The van der Waals surface area contributed by atoms with Crippen LogP contribution in [0.3, 0.4) is 0 Å². The van der Waals surface area contributed by atoms with Crippen molar-refractivity contribution in [3.8, 4) is 0 Å². The van der Waals surface area contributed by atoms with Crippen LogP contribution in [0.4, 0.5) is 0 Å². The fourth-order valence-electron chi connectivity index (χ4n) is 2.79. The predicted octanol–water partition coefficient (Wildman–Crippen LogP) is 3.44. The van der Waals surface area contributed by atoms with Gasteiger partial charge in [-0.1, -0.05) is 19.3 Å². The lowest BCUT2D eigenvalue weighted by Gasteiger charge is -2.37. The van der Waals surface area contributed by atoms with E-state index >= 15 is 0 Å². The second-order valence-corrected chi connectivity index (χ2v) is 5.53. The summed E-state index contributed by atoms with van der Waals surface area (Å²) >= 11 is 0. The maximum atomic E-state index is 2.79. The van der Waals surface area contributed by atoms with Gasteiger partial charge in [-0.25, -0.2) is 0 Å². The van der Waals surface area contributed by atoms with Gasteiger partial charge >= 0.3 is 0 Å². The Hall–Kier alpha value is -0.0400. The van der Waals surface area contributed by atoms with Crippen molar-refractivity contribution in [1.29, 1.82) is 0 Å². The van der Waals surface area contributed by atoms with Gasteiger partial charge in [0.2, 0.25) is 0 Å². The van der Waals surface area contributed by atoms with Crippen LogP contribution in [0.15, 0.2) is 0 Å². The summed E-state index contributed by atoms with van der Waals surface area (Å²) in [6, 6.07) is 1.68. The summed E-state index contributed by atoms with van der Waals surface area (Å²) in [6.07, 6.45) is 10.3. The first-order chi connectivity index (χ1) is 6.77. The highest BCUT2D eigenvalue weighted by Gasteiger charge is 2.29. The van der Waals surface area contributed by atoms with Gasteiger partial charge in [-0.3, -0.25) is 4.90 Å². The third-order valence-corrected chi connectivity index (χ3v) is 3.87. The molecule has 0 saturated heterocycles. The molecule has 0 atom stereocenters. The number of hydrogen-bond donors (Lipinski definition) is 0. The standard InChI is InChI=1S/C13H25N/c1-11(2)14(10-12-8-9-12)13-6-4-3-5-7-13/h11-13H,3-10H2,1-2H3. The van der Waals surface area contributed by atoms with Crippen molar-refractivity contribution in [2.45, 2.75) is 70.9 Å². The van der Waals surface area contributed by atoms with Crippen molar-refractivity contribution in [1.82, 2.24) is 4.90 Å². The van der Waals surface area contributed by atoms with Crippen LogP contribution in [-0.4, -0.2) is 23.5 Å². The smallest absolute Gasteiger partial charge is 0.00980 e. The Balaban J connectivity index is 1.86. The summed E-state index contributed by atoms with van der Waals surface area (Å²) in [4.78, 5) is 2.79. The predicted molar refractivity (Wildman–Crippen MR) is 61.4 cm³/mol. The van der Waals surface area contributed by atoms with Crippen LogP contribution in [-0.2, 0) is 0 Å². The Labute approximate surface area is 88.9 Å². The van der Waals surface area contributed by atoms with Crippen molar-refractivity contribution in [3.63, 3.8) is 0 Å². The highest BCUT2D eigenvalue weighted by atomic mass is 15.2. The first-order valence-corrected chi connectivity index (χ1v) is 6.53. The van der Waals surface area contributed by atoms with Gasteiger partial charge in [-0.05, 0) is 45.4 Å². The molecule has 0 bridgehead atoms. The Bertz CT molecular complexity index is 166. The van der Waals surface area contributed by atoms with Crippen molar-refractivity contribution < 1.29 is 0 Å². The lowest BCUT2D eigenvalue weighted by molar-refractivity contribution is 0.114. The van der Waals surface area contributed by atoms with Crippen LogP contribution >= 0.6 is 0 Å². The normalized spacial score (nSPS) is 24.9. The maximum absolute atomic E-state index is 2.79. The molecule has 82 valence electrons. The summed E-state index contributed by atoms with van der Waals surface area (Å²) in [5.74, 6) is 1.05. The van der Waals surface area contributed by atoms with Gasteiger partial charge in [0.15, 0.2) is 0 Å². The van der Waals surface area contributed by atoms with Crippen molar-refractivity contribution in [2.75, 3.05) is 6.54 Å². The minimum Gasteiger partial charge on any atom is -0.298 e. The molecule has 2 saturated carbocycles. The van der Waals surface area contributed by atoms with E-state index in [-0.39, 0.29) is 0 Å². The Morgan fingerprint density at radius 3 is 2.14 bits per heavy atom. The molecule has 0 N–H and O–H groups in total. The van der Waals surface area contributed by atoms with Gasteiger partial charge in [0.1, 0.15) is 0 Å². The molecular formula is C13H25N. The zero-order valence-electron chi connectivity index (χ0n) is 9.84. The van der Waals surface area contributed by atoms with E-state index < -0.39 is 0 Å². The molecule has 0 radical (unpaired) electrons. The van der Waals surface area contributed by atoms with E-state index in [2.05, 4.69) is 18.7 Å². The molecule has 2 fully saturated rings. The zero-order chi connectivity index (χ0) is 9.97. The van der Waals surface area contributed by atoms with E-state index in [1.54, 1.807) is 0 Å². The van der Waals surface area contributed by atoms with Gasteiger partial charge in [-0.15, -0.1) is 0 Å². The SMILES string of the molecule is CC(C)N(CC1CC1)C1CCCCC1. The number of rotatable bonds is 4. The lowest BCUT2D eigenvalue weighted by atomic mass is 9.93. The molecule has 1 nitrogen and oxygen atoms in total. The minimum atomic E-state index is 0.763. The van der Waals surface area contributed by atoms with E-state index in [1.807, 2.05) is 0 Å². The Morgan fingerprint density at radius 1 is 1.00 bits per heavy atom. The van der Waals surface area contributed by atoms with Gasteiger partial charge in [0.25, 0.3) is 0 Å². The zero-order valence-corrected chi connectivity index (χ0v) is 9.84. The molecule has 0 unspecified atom stereocenters. The van der Waals surface area contributed by atoms with Crippen LogP contribution in [0.2, 0.25) is 0 Å². The maximum Gasteiger partial charge on any atom is 0.00980 e. The molecule has 0 aromatic carbocycles. The molecule has 2 rings (SSSR count). The van der Waals surface area contributed by atoms with Crippen LogP contribution < -0.4 is 0 Å². The van der Waals surface area contributed by atoms with Crippen LogP contribution in [0.25, 0.3) is 0 Å². The fourth-order valence-corrected chi connectivity index (χ4v) is 2.79. The molecule has 0 heterocycles. The minimum absolute atomic E-state index is 0.763. The molecule has 0 amide bonds. The van der Waals surface area contributed by atoms with Crippen molar-refractivity contribution in [2.24, 2.45) is 5.92 Å². The first-order valence-electron chi connectivity index (χ1n) is 6.53. The quantitative estimate of drug-likeness (QED) is 0.664. The van der Waals surface area contributed by atoms with Crippen molar-refractivity contribution in [3.05, 3.63) is 0 Å². The summed E-state index contributed by atoms with van der Waals surface area (Å²) in [7, 11) is 0. The van der Waals surface area contributed by atoms with E-state index in [1.165, 1.54) is 51.5 Å². The molecule has 14 heavy (non-hydrogen) atoms. The molecule has 2 aliphatic rings. The molecule has 0 spiro atoms. The monoisotopic (exact) mass is 195 g/mol. The van der Waals surface area contributed by atoms with Gasteiger partial charge in [-0.2, -0.15) is 0 Å². The molecule has 2 aliphatic carbocycles. The van der Waals surface area contributed by atoms with Crippen LogP contribution in [0.1, 0.15) is 58.8 Å². The summed E-state index contributed by atoms with van der Waals surface area (Å²) in [6.45, 7) is 6.14. The molecule has 0 aliphatic heterocycles. The van der Waals surface area contributed by atoms with Crippen LogP contribution in [0.5, 0.6) is 0 Å². The van der Waals surface area contributed by atoms with Crippen molar-refractivity contribution >= 4 is 0 Å². The van der Waals surface area contributed by atoms with E-state index in [0.717, 1.165) is 18.0 Å². The third kappa shape index (κ3) is 2.73. The summed E-state index contributed by atoms with van der Waals surface area (Å²) < 4.78 is 0. The lowest BCUT2D eigenvalue weighted by Crippen LogP contribution is -2.42. The highest BCUT2D eigenvalue weighted by Crippen LogP contribution is 2.33. The largest absolute Gasteiger partial charge is 0.298 e. The number of nitrogens with zero attached hydrogens (tertiary/aromatic N) is 1. The molecular weight excluding hydrogens is 170 g/mol. The molecule has 0 aromatic heterocycles. The number of hydrogen-bond acceptors (Lipinski definition) is 1. The second-order valence-electron chi connectivity index (χ2n) is 5.53. The summed E-state index contributed by atoms with van der Waals surface area (Å²) in [5, 5.41) is 0.